The molecule has 2 aromatic rings. The van der Waals surface area contributed by atoms with Crippen LogP contribution in [-0.4, -0.2) is 40.0 Å². The first kappa shape index (κ1) is 18.3. The molecule has 3 rings (SSSR count). The summed E-state index contributed by atoms with van der Waals surface area (Å²) in [5.74, 6) is 0.321. The summed E-state index contributed by atoms with van der Waals surface area (Å²) in [6.07, 6.45) is 4.70. The first-order chi connectivity index (χ1) is 12.6. The molecule has 1 heterocycles. The van der Waals surface area contributed by atoms with E-state index in [-0.39, 0.29) is 5.91 Å². The second-order valence-electron chi connectivity index (χ2n) is 6.73. The van der Waals surface area contributed by atoms with E-state index in [1.165, 1.54) is 0 Å². The number of nitrogens with one attached hydrogen (secondary N) is 1. The summed E-state index contributed by atoms with van der Waals surface area (Å²) in [5, 5.41) is 21.5. The smallest absolute Gasteiger partial charge is 0.251 e. The predicted octanol–water partition coefficient (Wildman–Crippen LogP) is 2.97. The number of rotatable bonds is 6. The van der Waals surface area contributed by atoms with Crippen LogP contribution in [0.4, 0.5) is 0 Å². The van der Waals surface area contributed by atoms with Crippen molar-refractivity contribution in [2.75, 3.05) is 13.2 Å². The summed E-state index contributed by atoms with van der Waals surface area (Å²) in [6.45, 7) is 2.75. The minimum atomic E-state index is -0.758. The van der Waals surface area contributed by atoms with Crippen molar-refractivity contribution >= 4 is 5.91 Å². The Bertz CT molecular complexity index is 723. The molecule has 2 N–H and O–H groups in total. The lowest BCUT2D eigenvalue weighted by molar-refractivity contribution is 0.00526. The first-order valence-corrected chi connectivity index (χ1v) is 9.17. The summed E-state index contributed by atoms with van der Waals surface area (Å²) < 4.78 is 5.29. The van der Waals surface area contributed by atoms with Crippen LogP contribution in [0.1, 0.15) is 49.4 Å². The number of carbonyl (C=O) groups is 1. The average Bonchev–Trinajstić information content (AvgIpc) is 2.68. The molecule has 0 aliphatic heterocycles. The third-order valence-electron chi connectivity index (χ3n) is 4.74. The molecule has 1 fully saturated rings. The van der Waals surface area contributed by atoms with Crippen LogP contribution in [-0.2, 0) is 0 Å². The molecular weight excluding hydrogens is 330 g/mol. The maximum atomic E-state index is 12.3. The van der Waals surface area contributed by atoms with E-state index in [1.54, 1.807) is 18.2 Å². The van der Waals surface area contributed by atoms with Crippen molar-refractivity contribution < 1.29 is 14.6 Å². The molecule has 26 heavy (non-hydrogen) atoms. The van der Waals surface area contributed by atoms with Gasteiger partial charge in [-0.3, -0.25) is 4.79 Å². The summed E-state index contributed by atoms with van der Waals surface area (Å²) >= 11 is 0. The SMILES string of the molecule is CCOc1ccc(-c2ccc(C(=O)NCC3(O)CCCCC3)cc2)nn1. The van der Waals surface area contributed by atoms with Crippen molar-refractivity contribution in [2.45, 2.75) is 44.6 Å². The number of hydrogen-bond acceptors (Lipinski definition) is 5. The molecule has 6 heteroatoms. The Hall–Kier alpha value is -2.47. The van der Waals surface area contributed by atoms with Crippen LogP contribution in [0.5, 0.6) is 5.88 Å². The Labute approximate surface area is 153 Å². The van der Waals surface area contributed by atoms with Crippen molar-refractivity contribution in [2.24, 2.45) is 0 Å². The lowest BCUT2D eigenvalue weighted by Crippen LogP contribution is -2.44. The van der Waals surface area contributed by atoms with Gasteiger partial charge in [-0.05, 0) is 38.0 Å². The van der Waals surface area contributed by atoms with Gasteiger partial charge in [0.1, 0.15) is 0 Å². The third kappa shape index (κ3) is 4.58. The van der Waals surface area contributed by atoms with Gasteiger partial charge in [-0.25, -0.2) is 0 Å². The number of nitrogens with zero attached hydrogens (tertiary/aromatic N) is 2. The van der Waals surface area contributed by atoms with Crippen LogP contribution in [0.2, 0.25) is 0 Å². The Balaban J connectivity index is 1.60. The fourth-order valence-electron chi connectivity index (χ4n) is 3.22. The van der Waals surface area contributed by atoms with E-state index >= 15 is 0 Å². The zero-order chi connectivity index (χ0) is 18.4. The molecule has 1 saturated carbocycles. The Kier molecular flexibility index (Phi) is 5.83. The highest BCUT2D eigenvalue weighted by Crippen LogP contribution is 2.27. The zero-order valence-electron chi connectivity index (χ0n) is 15.1. The molecule has 1 aliphatic carbocycles. The van der Waals surface area contributed by atoms with E-state index in [9.17, 15) is 9.90 Å². The molecule has 0 spiro atoms. The molecule has 138 valence electrons. The van der Waals surface area contributed by atoms with Gasteiger partial charge in [-0.1, -0.05) is 31.4 Å². The van der Waals surface area contributed by atoms with Gasteiger partial charge in [-0.15, -0.1) is 10.2 Å². The Morgan fingerprint density at radius 2 is 1.85 bits per heavy atom. The van der Waals surface area contributed by atoms with Crippen LogP contribution < -0.4 is 10.1 Å². The van der Waals surface area contributed by atoms with Gasteiger partial charge < -0.3 is 15.2 Å². The van der Waals surface area contributed by atoms with Crippen molar-refractivity contribution in [3.63, 3.8) is 0 Å². The van der Waals surface area contributed by atoms with Gasteiger partial charge in [-0.2, -0.15) is 0 Å². The zero-order valence-corrected chi connectivity index (χ0v) is 15.1. The molecule has 1 aromatic heterocycles. The van der Waals surface area contributed by atoms with Gasteiger partial charge in [0.2, 0.25) is 5.88 Å². The first-order valence-electron chi connectivity index (χ1n) is 9.17. The number of benzene rings is 1. The summed E-state index contributed by atoms with van der Waals surface area (Å²) in [7, 11) is 0. The number of hydrogen-bond donors (Lipinski definition) is 2. The normalized spacial score (nSPS) is 16.1. The molecule has 1 aromatic carbocycles. The highest BCUT2D eigenvalue weighted by atomic mass is 16.5. The number of aromatic nitrogens is 2. The standard InChI is InChI=1S/C20H25N3O3/c1-2-26-18-11-10-17(22-23-18)15-6-8-16(9-7-15)19(24)21-14-20(25)12-4-3-5-13-20/h6-11,25H,2-5,12-14H2,1H3,(H,21,24). The molecule has 0 bridgehead atoms. The Morgan fingerprint density at radius 3 is 2.46 bits per heavy atom. The fourth-order valence-corrected chi connectivity index (χ4v) is 3.22. The van der Waals surface area contributed by atoms with Gasteiger partial charge >= 0.3 is 0 Å². The number of amides is 1. The molecule has 6 nitrogen and oxygen atoms in total. The number of aliphatic hydroxyl groups is 1. The second-order valence-corrected chi connectivity index (χ2v) is 6.73. The number of ether oxygens (including phenoxy) is 1. The van der Waals surface area contributed by atoms with Gasteiger partial charge in [0.05, 0.1) is 17.9 Å². The topological polar surface area (TPSA) is 84.3 Å². The molecule has 1 amide bonds. The largest absolute Gasteiger partial charge is 0.477 e. The minimum absolute atomic E-state index is 0.173. The van der Waals surface area contributed by atoms with Crippen LogP contribution in [0.25, 0.3) is 11.3 Å². The molecule has 1 aliphatic rings. The fraction of sp³-hybridized carbons (Fsp3) is 0.450. The summed E-state index contributed by atoms with van der Waals surface area (Å²) in [5.41, 5.74) is 1.40. The van der Waals surface area contributed by atoms with Crippen molar-refractivity contribution in [1.29, 1.82) is 0 Å². The van der Waals surface area contributed by atoms with E-state index in [2.05, 4.69) is 15.5 Å². The lowest BCUT2D eigenvalue weighted by Gasteiger charge is -2.32. The quantitative estimate of drug-likeness (QED) is 0.832. The average molecular weight is 355 g/mol. The third-order valence-corrected chi connectivity index (χ3v) is 4.74. The van der Waals surface area contributed by atoms with Gasteiger partial charge in [0.15, 0.2) is 0 Å². The van der Waals surface area contributed by atoms with E-state index < -0.39 is 5.60 Å². The molecule has 0 radical (unpaired) electrons. The minimum Gasteiger partial charge on any atom is -0.477 e. The molecule has 0 atom stereocenters. The second kappa shape index (κ2) is 8.27. The van der Waals surface area contributed by atoms with Crippen molar-refractivity contribution in [3.05, 3.63) is 42.0 Å². The lowest BCUT2D eigenvalue weighted by atomic mass is 9.85. The van der Waals surface area contributed by atoms with E-state index in [1.807, 2.05) is 25.1 Å². The van der Waals surface area contributed by atoms with Gasteiger partial charge in [0, 0.05) is 23.7 Å². The van der Waals surface area contributed by atoms with Crippen LogP contribution in [0.15, 0.2) is 36.4 Å². The summed E-state index contributed by atoms with van der Waals surface area (Å²) in [6, 6.07) is 10.8. The van der Waals surface area contributed by atoms with Crippen molar-refractivity contribution in [1.82, 2.24) is 15.5 Å². The van der Waals surface area contributed by atoms with E-state index in [4.69, 9.17) is 4.74 Å². The van der Waals surface area contributed by atoms with E-state index in [0.717, 1.165) is 43.4 Å². The van der Waals surface area contributed by atoms with Gasteiger partial charge in [0.25, 0.3) is 5.91 Å². The van der Waals surface area contributed by atoms with Crippen LogP contribution in [0.3, 0.4) is 0 Å². The maximum Gasteiger partial charge on any atom is 0.251 e. The molecule has 0 saturated heterocycles. The molecular formula is C20H25N3O3. The summed E-state index contributed by atoms with van der Waals surface area (Å²) in [4.78, 5) is 12.3. The monoisotopic (exact) mass is 355 g/mol. The molecule has 0 unspecified atom stereocenters. The Morgan fingerprint density at radius 1 is 1.12 bits per heavy atom. The highest BCUT2D eigenvalue weighted by molar-refractivity contribution is 5.94. The number of carbonyl (C=O) groups excluding carboxylic acids is 1. The highest BCUT2D eigenvalue weighted by Gasteiger charge is 2.29. The predicted molar refractivity (Wildman–Crippen MR) is 99.0 cm³/mol. The van der Waals surface area contributed by atoms with E-state index in [0.29, 0.717) is 24.6 Å². The maximum absolute atomic E-state index is 12.3. The van der Waals surface area contributed by atoms with Crippen molar-refractivity contribution in [3.8, 4) is 17.1 Å². The van der Waals surface area contributed by atoms with Crippen LogP contribution >= 0.6 is 0 Å². The van der Waals surface area contributed by atoms with Crippen LogP contribution in [0, 0.1) is 0 Å².